The number of hydrogen-bond donors (Lipinski definition) is 1. The van der Waals surface area contributed by atoms with Gasteiger partial charge < -0.3 is 15.4 Å². The molecule has 2 N–H and O–H groups in total. The van der Waals surface area contributed by atoms with Crippen molar-refractivity contribution in [3.63, 3.8) is 0 Å². The third-order valence-electron chi connectivity index (χ3n) is 6.30. The minimum atomic E-state index is -0.878. The maximum atomic E-state index is 13.2. The lowest BCUT2D eigenvalue weighted by atomic mass is 9.88. The lowest BCUT2D eigenvalue weighted by Crippen LogP contribution is -2.49. The summed E-state index contributed by atoms with van der Waals surface area (Å²) < 4.78 is 7.60. The van der Waals surface area contributed by atoms with Crippen LogP contribution in [0.15, 0.2) is 59.8 Å². The summed E-state index contributed by atoms with van der Waals surface area (Å²) in [5.74, 6) is 1.20. The first-order chi connectivity index (χ1) is 16.6. The van der Waals surface area contributed by atoms with E-state index >= 15 is 0 Å². The van der Waals surface area contributed by atoms with Crippen molar-refractivity contribution >= 4 is 29.3 Å². The second kappa shape index (κ2) is 9.89. The van der Waals surface area contributed by atoms with Crippen LogP contribution in [0.2, 0.25) is 0 Å². The predicted molar refractivity (Wildman–Crippen MR) is 130 cm³/mol. The van der Waals surface area contributed by atoms with Crippen LogP contribution in [0, 0.1) is 0 Å². The number of rotatable bonds is 6. The number of carbonyl (C=O) groups excluding carboxylic acids is 2. The standard InChI is InChI=1S/C25H27N5O3S/c26-23(32)21-15-29(19-13-7-8-14-20(19)33-21)22(31)16-34-25-27-24(17-9-3-1-4-10-17)30(28-25)18-11-5-2-6-12-18/h2,5-8,11-14,17,21H,1,3-4,9-10,15-16H2,(H2,26,32)/t21-/m1/s1. The molecular formula is C25H27N5O3S. The lowest BCUT2D eigenvalue weighted by molar-refractivity contribution is -0.125. The van der Waals surface area contributed by atoms with Gasteiger partial charge in [0.05, 0.1) is 23.7 Å². The fourth-order valence-electron chi connectivity index (χ4n) is 4.57. The van der Waals surface area contributed by atoms with Crippen molar-refractivity contribution in [2.24, 2.45) is 5.73 Å². The zero-order valence-electron chi connectivity index (χ0n) is 18.8. The van der Waals surface area contributed by atoms with Crippen LogP contribution in [-0.2, 0) is 9.59 Å². The molecule has 3 aromatic rings. The van der Waals surface area contributed by atoms with Crippen molar-refractivity contribution < 1.29 is 14.3 Å². The third-order valence-corrected chi connectivity index (χ3v) is 7.12. The summed E-state index contributed by atoms with van der Waals surface area (Å²) >= 11 is 1.31. The molecule has 176 valence electrons. The summed E-state index contributed by atoms with van der Waals surface area (Å²) in [5.41, 5.74) is 7.08. The highest BCUT2D eigenvalue weighted by molar-refractivity contribution is 7.99. The van der Waals surface area contributed by atoms with Crippen molar-refractivity contribution in [2.45, 2.75) is 49.3 Å². The fraction of sp³-hybridized carbons (Fsp3) is 0.360. The summed E-state index contributed by atoms with van der Waals surface area (Å²) in [6.07, 6.45) is 4.99. The molecule has 0 unspecified atom stereocenters. The number of thioether (sulfide) groups is 1. The molecule has 1 saturated carbocycles. The summed E-state index contributed by atoms with van der Waals surface area (Å²) in [4.78, 5) is 31.4. The molecule has 0 bridgehead atoms. The number of ether oxygens (including phenoxy) is 1. The SMILES string of the molecule is NC(=O)[C@H]1CN(C(=O)CSc2nc(C3CCCCC3)n(-c3ccccc3)n2)c2ccccc2O1. The van der Waals surface area contributed by atoms with Gasteiger partial charge in [-0.2, -0.15) is 0 Å². The van der Waals surface area contributed by atoms with E-state index in [2.05, 4.69) is 0 Å². The number of amides is 2. The number of hydrogen-bond acceptors (Lipinski definition) is 6. The molecule has 8 nitrogen and oxygen atoms in total. The zero-order valence-corrected chi connectivity index (χ0v) is 19.6. The minimum absolute atomic E-state index is 0.0882. The largest absolute Gasteiger partial charge is 0.477 e. The molecule has 0 radical (unpaired) electrons. The van der Waals surface area contributed by atoms with Crippen LogP contribution in [0.1, 0.15) is 43.8 Å². The third kappa shape index (κ3) is 4.65. The fourth-order valence-corrected chi connectivity index (χ4v) is 5.28. The molecule has 1 atom stereocenters. The van der Waals surface area contributed by atoms with E-state index < -0.39 is 12.0 Å². The normalized spacial score (nSPS) is 18.2. The van der Waals surface area contributed by atoms with Gasteiger partial charge in [-0.25, -0.2) is 9.67 Å². The Labute approximate surface area is 202 Å². The molecule has 2 aromatic carbocycles. The number of carbonyl (C=O) groups is 2. The summed E-state index contributed by atoms with van der Waals surface area (Å²) in [7, 11) is 0. The molecule has 9 heteroatoms. The molecule has 0 spiro atoms. The first-order valence-corrected chi connectivity index (χ1v) is 12.6. The van der Waals surface area contributed by atoms with Crippen molar-refractivity contribution in [1.82, 2.24) is 14.8 Å². The van der Waals surface area contributed by atoms with Crippen LogP contribution in [0.4, 0.5) is 5.69 Å². The Morgan fingerprint density at radius 3 is 2.53 bits per heavy atom. The molecule has 1 aliphatic heterocycles. The van der Waals surface area contributed by atoms with E-state index in [1.165, 1.54) is 31.0 Å². The number of aromatic nitrogens is 3. The van der Waals surface area contributed by atoms with Gasteiger partial charge in [0.15, 0.2) is 6.10 Å². The second-order valence-corrected chi connectivity index (χ2v) is 9.55. The highest BCUT2D eigenvalue weighted by Crippen LogP contribution is 2.35. The Kier molecular flexibility index (Phi) is 6.53. The van der Waals surface area contributed by atoms with Gasteiger partial charge in [0, 0.05) is 5.92 Å². The van der Waals surface area contributed by atoms with E-state index in [-0.39, 0.29) is 18.2 Å². The summed E-state index contributed by atoms with van der Waals surface area (Å²) in [6.45, 7) is 0.0882. The van der Waals surface area contributed by atoms with Gasteiger partial charge in [0.25, 0.3) is 5.91 Å². The van der Waals surface area contributed by atoms with Gasteiger partial charge in [-0.3, -0.25) is 9.59 Å². The Morgan fingerprint density at radius 1 is 1.03 bits per heavy atom. The Bertz CT molecular complexity index is 1180. The van der Waals surface area contributed by atoms with Crippen LogP contribution in [0.3, 0.4) is 0 Å². The predicted octanol–water partition coefficient (Wildman–Crippen LogP) is 3.69. The lowest BCUT2D eigenvalue weighted by Gasteiger charge is -2.33. The molecule has 0 saturated heterocycles. The molecule has 1 aliphatic carbocycles. The molecule has 5 rings (SSSR count). The first-order valence-electron chi connectivity index (χ1n) is 11.6. The minimum Gasteiger partial charge on any atom is -0.477 e. The average molecular weight is 478 g/mol. The number of nitrogens with two attached hydrogens (primary N) is 1. The molecule has 34 heavy (non-hydrogen) atoms. The zero-order chi connectivity index (χ0) is 23.5. The molecular weight excluding hydrogens is 450 g/mol. The quantitative estimate of drug-likeness (QED) is 0.543. The van der Waals surface area contributed by atoms with Crippen molar-refractivity contribution in [2.75, 3.05) is 17.2 Å². The smallest absolute Gasteiger partial charge is 0.260 e. The Balaban J connectivity index is 1.36. The first kappa shape index (κ1) is 22.5. The second-order valence-electron chi connectivity index (χ2n) is 8.60. The molecule has 1 aromatic heterocycles. The topological polar surface area (TPSA) is 103 Å². The Hall–Kier alpha value is -3.33. The number of fused-ring (bicyclic) bond motifs is 1. The van der Waals surface area contributed by atoms with Gasteiger partial charge in [0.2, 0.25) is 11.1 Å². The van der Waals surface area contributed by atoms with Crippen LogP contribution in [-0.4, -0.2) is 45.0 Å². The molecule has 2 amide bonds. The summed E-state index contributed by atoms with van der Waals surface area (Å²) in [6, 6.07) is 17.2. The molecule has 2 aliphatic rings. The van der Waals surface area contributed by atoms with Gasteiger partial charge in [-0.1, -0.05) is 61.4 Å². The highest BCUT2D eigenvalue weighted by atomic mass is 32.2. The number of para-hydroxylation sites is 3. The van der Waals surface area contributed by atoms with E-state index in [1.807, 2.05) is 41.1 Å². The van der Waals surface area contributed by atoms with Crippen LogP contribution >= 0.6 is 11.8 Å². The van der Waals surface area contributed by atoms with E-state index in [0.29, 0.717) is 22.5 Å². The van der Waals surface area contributed by atoms with Crippen LogP contribution < -0.4 is 15.4 Å². The van der Waals surface area contributed by atoms with E-state index in [9.17, 15) is 9.59 Å². The molecule has 2 heterocycles. The number of primary amides is 1. The van der Waals surface area contributed by atoms with Gasteiger partial charge in [-0.15, -0.1) is 5.10 Å². The van der Waals surface area contributed by atoms with Gasteiger partial charge in [0.1, 0.15) is 11.6 Å². The highest BCUT2D eigenvalue weighted by Gasteiger charge is 2.33. The maximum absolute atomic E-state index is 13.2. The van der Waals surface area contributed by atoms with Crippen molar-refractivity contribution in [1.29, 1.82) is 0 Å². The monoisotopic (exact) mass is 477 g/mol. The van der Waals surface area contributed by atoms with E-state index in [1.54, 1.807) is 23.1 Å². The van der Waals surface area contributed by atoms with Crippen LogP contribution in [0.25, 0.3) is 5.69 Å². The Morgan fingerprint density at radius 2 is 1.76 bits per heavy atom. The molecule has 1 fully saturated rings. The number of nitrogens with zero attached hydrogens (tertiary/aromatic N) is 4. The number of anilines is 1. The van der Waals surface area contributed by atoms with E-state index in [4.69, 9.17) is 20.6 Å². The average Bonchev–Trinajstić information content (AvgIpc) is 3.32. The maximum Gasteiger partial charge on any atom is 0.260 e. The van der Waals surface area contributed by atoms with E-state index in [0.717, 1.165) is 24.4 Å². The van der Waals surface area contributed by atoms with Gasteiger partial charge >= 0.3 is 0 Å². The summed E-state index contributed by atoms with van der Waals surface area (Å²) in [5, 5.41) is 5.33. The van der Waals surface area contributed by atoms with Crippen molar-refractivity contribution in [3.8, 4) is 11.4 Å². The van der Waals surface area contributed by atoms with Crippen LogP contribution in [0.5, 0.6) is 5.75 Å². The van der Waals surface area contributed by atoms with Crippen molar-refractivity contribution in [3.05, 3.63) is 60.4 Å². The number of benzene rings is 2. The van der Waals surface area contributed by atoms with Gasteiger partial charge in [-0.05, 0) is 37.1 Å².